The van der Waals surface area contributed by atoms with Gasteiger partial charge in [-0.05, 0) is 30.3 Å². The third-order valence-electron chi connectivity index (χ3n) is 4.26. The molecule has 2 aromatic carbocycles. The van der Waals surface area contributed by atoms with Crippen LogP contribution in [0.4, 0.5) is 20.6 Å². The molecule has 3 amide bonds. The van der Waals surface area contributed by atoms with E-state index in [1.54, 1.807) is 30.3 Å². The van der Waals surface area contributed by atoms with Crippen molar-refractivity contribution in [2.45, 2.75) is 5.25 Å². The minimum absolute atomic E-state index is 0.0573. The second kappa shape index (κ2) is 8.15. The summed E-state index contributed by atoms with van der Waals surface area (Å²) in [5, 5.41) is 3.54. The van der Waals surface area contributed by atoms with Gasteiger partial charge in [0.1, 0.15) is 5.82 Å². The van der Waals surface area contributed by atoms with Crippen LogP contribution in [0.15, 0.2) is 48.5 Å². The van der Waals surface area contributed by atoms with Crippen LogP contribution in [-0.2, 0) is 14.6 Å². The highest BCUT2D eigenvalue weighted by molar-refractivity contribution is 7.92. The van der Waals surface area contributed by atoms with Crippen molar-refractivity contribution in [3.05, 3.63) is 59.4 Å². The summed E-state index contributed by atoms with van der Waals surface area (Å²) in [6, 6.07) is 11.5. The van der Waals surface area contributed by atoms with Gasteiger partial charge in [0.25, 0.3) is 0 Å². The van der Waals surface area contributed by atoms with Gasteiger partial charge in [0.15, 0.2) is 15.1 Å². The average molecular weight is 426 g/mol. The molecule has 0 radical (unpaired) electrons. The molecule has 1 aliphatic heterocycles. The van der Waals surface area contributed by atoms with Crippen molar-refractivity contribution in [3.63, 3.8) is 0 Å². The molecule has 0 spiro atoms. The number of hydrogen-bond donors (Lipinski definition) is 2. The molecule has 0 bridgehead atoms. The Hall–Kier alpha value is -2.65. The van der Waals surface area contributed by atoms with E-state index in [4.69, 9.17) is 11.6 Å². The standard InChI is InChI=1S/C18H17ClFN3O4S/c19-14-10-13(6-7-15(14)20)22-18(25)23-8-9-28(26,27)16(11-23)17(24)21-12-4-2-1-3-5-12/h1-7,10,16H,8-9,11H2,(H,21,24)(H,22,25). The SMILES string of the molecule is O=C(Nc1ccccc1)C1CN(C(=O)Nc2ccc(F)c(Cl)c2)CCS1(=O)=O. The van der Waals surface area contributed by atoms with Gasteiger partial charge in [-0.3, -0.25) is 4.79 Å². The number of benzene rings is 2. The lowest BCUT2D eigenvalue weighted by atomic mass is 10.3. The first-order valence-electron chi connectivity index (χ1n) is 8.35. The molecular weight excluding hydrogens is 409 g/mol. The van der Waals surface area contributed by atoms with Crippen LogP contribution < -0.4 is 10.6 Å². The molecule has 0 aromatic heterocycles. The largest absolute Gasteiger partial charge is 0.325 e. The predicted octanol–water partition coefficient (Wildman–Crippen LogP) is 2.75. The summed E-state index contributed by atoms with van der Waals surface area (Å²) in [4.78, 5) is 26.2. The van der Waals surface area contributed by atoms with E-state index >= 15 is 0 Å². The summed E-state index contributed by atoms with van der Waals surface area (Å²) < 4.78 is 37.9. The number of anilines is 2. The monoisotopic (exact) mass is 425 g/mol. The summed E-state index contributed by atoms with van der Waals surface area (Å²) >= 11 is 5.69. The average Bonchev–Trinajstić information content (AvgIpc) is 2.65. The number of nitrogens with zero attached hydrogens (tertiary/aromatic N) is 1. The first-order chi connectivity index (χ1) is 13.3. The molecule has 0 aliphatic carbocycles. The number of hydrogen-bond acceptors (Lipinski definition) is 4. The van der Waals surface area contributed by atoms with Crippen molar-refractivity contribution in [3.8, 4) is 0 Å². The lowest BCUT2D eigenvalue weighted by molar-refractivity contribution is -0.116. The maximum Gasteiger partial charge on any atom is 0.321 e. The summed E-state index contributed by atoms with van der Waals surface area (Å²) in [5.41, 5.74) is 0.723. The van der Waals surface area contributed by atoms with Crippen molar-refractivity contribution < 1.29 is 22.4 Å². The van der Waals surface area contributed by atoms with E-state index in [0.717, 1.165) is 6.07 Å². The Morgan fingerprint density at radius 3 is 2.46 bits per heavy atom. The van der Waals surface area contributed by atoms with Crippen LogP contribution in [0.3, 0.4) is 0 Å². The van der Waals surface area contributed by atoms with Crippen molar-refractivity contribution in [2.24, 2.45) is 0 Å². The highest BCUT2D eigenvalue weighted by Gasteiger charge is 2.39. The van der Waals surface area contributed by atoms with Gasteiger partial charge in [0, 0.05) is 24.5 Å². The minimum atomic E-state index is -3.70. The normalized spacial score (nSPS) is 18.4. The summed E-state index contributed by atoms with van der Waals surface area (Å²) in [7, 11) is -3.70. The quantitative estimate of drug-likeness (QED) is 0.790. The van der Waals surface area contributed by atoms with Crippen LogP contribution in [0, 0.1) is 5.82 Å². The fraction of sp³-hybridized carbons (Fsp3) is 0.222. The van der Waals surface area contributed by atoms with Gasteiger partial charge in [-0.25, -0.2) is 17.6 Å². The number of halogens is 2. The molecular formula is C18H17ClFN3O4S. The van der Waals surface area contributed by atoms with Crippen LogP contribution in [0.5, 0.6) is 0 Å². The Morgan fingerprint density at radius 1 is 1.07 bits per heavy atom. The Morgan fingerprint density at radius 2 is 1.79 bits per heavy atom. The van der Waals surface area contributed by atoms with Gasteiger partial charge in [-0.2, -0.15) is 0 Å². The Labute approximate surface area is 166 Å². The molecule has 2 N–H and O–H groups in total. The van der Waals surface area contributed by atoms with Crippen LogP contribution in [0.1, 0.15) is 0 Å². The van der Waals surface area contributed by atoms with E-state index < -0.39 is 32.8 Å². The summed E-state index contributed by atoms with van der Waals surface area (Å²) in [6.45, 7) is -0.347. The molecule has 1 unspecified atom stereocenters. The molecule has 1 saturated heterocycles. The van der Waals surface area contributed by atoms with E-state index in [-0.39, 0.29) is 29.6 Å². The van der Waals surface area contributed by atoms with Crippen molar-refractivity contribution in [1.29, 1.82) is 0 Å². The number of urea groups is 1. The number of carbonyl (C=O) groups excluding carboxylic acids is 2. The maximum atomic E-state index is 13.2. The lowest BCUT2D eigenvalue weighted by Gasteiger charge is -2.32. The van der Waals surface area contributed by atoms with Gasteiger partial charge >= 0.3 is 6.03 Å². The van der Waals surface area contributed by atoms with Gasteiger partial charge < -0.3 is 15.5 Å². The molecule has 1 atom stereocenters. The van der Waals surface area contributed by atoms with Crippen LogP contribution in [0.25, 0.3) is 0 Å². The Bertz CT molecular complexity index is 1000. The van der Waals surface area contributed by atoms with Crippen LogP contribution in [0.2, 0.25) is 5.02 Å². The van der Waals surface area contributed by atoms with Gasteiger partial charge in [0.05, 0.1) is 10.8 Å². The second-order valence-corrected chi connectivity index (χ2v) is 8.93. The zero-order chi connectivity index (χ0) is 20.3. The van der Waals surface area contributed by atoms with E-state index in [2.05, 4.69) is 10.6 Å². The lowest BCUT2D eigenvalue weighted by Crippen LogP contribution is -2.54. The van der Waals surface area contributed by atoms with Crippen LogP contribution in [-0.4, -0.2) is 49.3 Å². The molecule has 1 aliphatic rings. The number of carbonyl (C=O) groups is 2. The third-order valence-corrected chi connectivity index (χ3v) is 6.53. The van der Waals surface area contributed by atoms with Gasteiger partial charge in [-0.15, -0.1) is 0 Å². The minimum Gasteiger partial charge on any atom is -0.325 e. The van der Waals surface area contributed by atoms with Crippen LogP contribution >= 0.6 is 11.6 Å². The molecule has 148 valence electrons. The van der Waals surface area contributed by atoms with Gasteiger partial charge in [0.2, 0.25) is 5.91 Å². The molecule has 2 aromatic rings. The zero-order valence-corrected chi connectivity index (χ0v) is 16.1. The Kier molecular flexibility index (Phi) is 5.85. The first kappa shape index (κ1) is 20.1. The van der Waals surface area contributed by atoms with Gasteiger partial charge in [-0.1, -0.05) is 29.8 Å². The summed E-state index contributed by atoms with van der Waals surface area (Å²) in [5.74, 6) is -1.66. The first-order valence-corrected chi connectivity index (χ1v) is 10.4. The smallest absolute Gasteiger partial charge is 0.321 e. The fourth-order valence-corrected chi connectivity index (χ4v) is 4.47. The summed E-state index contributed by atoms with van der Waals surface area (Å²) in [6.07, 6.45) is 0. The highest BCUT2D eigenvalue weighted by Crippen LogP contribution is 2.21. The second-order valence-electron chi connectivity index (χ2n) is 6.22. The molecule has 3 rings (SSSR count). The molecule has 1 fully saturated rings. The van der Waals surface area contributed by atoms with Crippen molar-refractivity contribution >= 4 is 44.8 Å². The topological polar surface area (TPSA) is 95.6 Å². The van der Waals surface area contributed by atoms with E-state index in [1.807, 2.05) is 0 Å². The zero-order valence-electron chi connectivity index (χ0n) is 14.6. The van der Waals surface area contributed by atoms with E-state index in [0.29, 0.717) is 5.69 Å². The molecule has 28 heavy (non-hydrogen) atoms. The third kappa shape index (κ3) is 4.60. The van der Waals surface area contributed by atoms with Crippen molar-refractivity contribution in [1.82, 2.24) is 4.90 Å². The Balaban J connectivity index is 1.71. The van der Waals surface area contributed by atoms with E-state index in [1.165, 1.54) is 17.0 Å². The highest BCUT2D eigenvalue weighted by atomic mass is 35.5. The maximum absolute atomic E-state index is 13.2. The molecule has 1 heterocycles. The number of para-hydroxylation sites is 1. The number of amides is 3. The molecule has 7 nitrogen and oxygen atoms in total. The number of sulfone groups is 1. The fourth-order valence-electron chi connectivity index (χ4n) is 2.74. The molecule has 10 heteroatoms. The molecule has 0 saturated carbocycles. The van der Waals surface area contributed by atoms with Crippen molar-refractivity contribution in [2.75, 3.05) is 29.5 Å². The van der Waals surface area contributed by atoms with E-state index in [9.17, 15) is 22.4 Å². The predicted molar refractivity (Wildman–Crippen MR) is 105 cm³/mol. The number of nitrogens with one attached hydrogen (secondary N) is 2. The number of rotatable bonds is 3.